The molecule has 0 aliphatic heterocycles. The molecule has 1 heterocycles. The van der Waals surface area contributed by atoms with Gasteiger partial charge in [-0.1, -0.05) is 30.7 Å². The molecule has 2 rings (SSSR count). The Morgan fingerprint density at radius 2 is 2.05 bits per heavy atom. The second-order valence-electron chi connectivity index (χ2n) is 4.72. The van der Waals surface area contributed by atoms with E-state index in [1.807, 2.05) is 19.9 Å². The molecule has 20 heavy (non-hydrogen) atoms. The molecule has 106 valence electrons. The van der Waals surface area contributed by atoms with Crippen LogP contribution in [0.25, 0.3) is 0 Å². The summed E-state index contributed by atoms with van der Waals surface area (Å²) in [5, 5.41) is 3.62. The average molecular weight is 294 g/mol. The maximum absolute atomic E-state index is 13.6. The van der Waals surface area contributed by atoms with Gasteiger partial charge in [0.25, 0.3) is 0 Å². The number of anilines is 1. The fourth-order valence-electron chi connectivity index (χ4n) is 1.88. The van der Waals surface area contributed by atoms with Gasteiger partial charge in [-0.3, -0.25) is 0 Å². The van der Waals surface area contributed by atoms with Crippen LogP contribution in [-0.2, 0) is 6.42 Å². The van der Waals surface area contributed by atoms with E-state index >= 15 is 0 Å². The van der Waals surface area contributed by atoms with Gasteiger partial charge in [-0.25, -0.2) is 14.4 Å². The second kappa shape index (κ2) is 6.18. The fraction of sp³-hybridized carbons (Fsp3) is 0.333. The molecular formula is C15H17ClFN3. The van der Waals surface area contributed by atoms with Gasteiger partial charge in [0, 0.05) is 12.5 Å². The van der Waals surface area contributed by atoms with Gasteiger partial charge in [0.2, 0.25) is 0 Å². The number of halogens is 2. The predicted octanol–water partition coefficient (Wildman–Crippen LogP) is 4.31. The maximum atomic E-state index is 13.6. The molecule has 1 unspecified atom stereocenters. The summed E-state index contributed by atoms with van der Waals surface area (Å²) in [4.78, 5) is 8.47. The van der Waals surface area contributed by atoms with Crippen molar-refractivity contribution in [3.05, 3.63) is 52.2 Å². The van der Waals surface area contributed by atoms with Gasteiger partial charge in [-0.15, -0.1) is 0 Å². The summed E-state index contributed by atoms with van der Waals surface area (Å²) in [6.07, 6.45) is 0.711. The summed E-state index contributed by atoms with van der Waals surface area (Å²) < 4.78 is 13.6. The molecular weight excluding hydrogens is 277 g/mol. The summed E-state index contributed by atoms with van der Waals surface area (Å²) in [6, 6.07) is 6.81. The highest BCUT2D eigenvalue weighted by atomic mass is 35.5. The molecule has 0 bridgehead atoms. The van der Waals surface area contributed by atoms with Crippen LogP contribution in [0.4, 0.5) is 10.2 Å². The zero-order valence-corrected chi connectivity index (χ0v) is 12.5. The number of rotatable bonds is 4. The summed E-state index contributed by atoms with van der Waals surface area (Å²) in [7, 11) is 0. The van der Waals surface area contributed by atoms with Gasteiger partial charge in [-0.05, 0) is 31.0 Å². The highest BCUT2D eigenvalue weighted by Gasteiger charge is 2.10. The minimum atomic E-state index is -0.203. The number of benzene rings is 1. The third-order valence-corrected chi connectivity index (χ3v) is 3.31. The van der Waals surface area contributed by atoms with Crippen molar-refractivity contribution in [2.24, 2.45) is 0 Å². The molecule has 1 atom stereocenters. The maximum Gasteiger partial charge on any atom is 0.134 e. The standard InChI is InChI=1S/C15H17ClFN3/c1-4-14-19-13(16)8-15(20-14)18-10(3)11-6-5-9(2)12(17)7-11/h5-8,10H,4H2,1-3H3,(H,18,19,20). The summed E-state index contributed by atoms with van der Waals surface area (Å²) >= 11 is 5.95. The van der Waals surface area contributed by atoms with E-state index in [4.69, 9.17) is 11.6 Å². The minimum absolute atomic E-state index is 0.0687. The van der Waals surface area contributed by atoms with Gasteiger partial charge >= 0.3 is 0 Å². The van der Waals surface area contributed by atoms with Crippen LogP contribution in [0.2, 0.25) is 5.15 Å². The van der Waals surface area contributed by atoms with Crippen molar-refractivity contribution in [3.8, 4) is 0 Å². The van der Waals surface area contributed by atoms with Crippen LogP contribution in [-0.4, -0.2) is 9.97 Å². The summed E-state index contributed by atoms with van der Waals surface area (Å²) in [6.45, 7) is 5.66. The van der Waals surface area contributed by atoms with E-state index in [2.05, 4.69) is 15.3 Å². The molecule has 0 aliphatic rings. The molecule has 0 amide bonds. The summed E-state index contributed by atoms with van der Waals surface area (Å²) in [5.41, 5.74) is 1.50. The van der Waals surface area contributed by atoms with Crippen LogP contribution in [0.1, 0.15) is 36.8 Å². The van der Waals surface area contributed by atoms with E-state index in [-0.39, 0.29) is 11.9 Å². The number of aryl methyl sites for hydroxylation is 2. The zero-order chi connectivity index (χ0) is 14.7. The number of aromatic nitrogens is 2. The molecule has 1 N–H and O–H groups in total. The minimum Gasteiger partial charge on any atom is -0.363 e. The molecule has 0 fully saturated rings. The Morgan fingerprint density at radius 1 is 1.30 bits per heavy atom. The van der Waals surface area contributed by atoms with E-state index in [9.17, 15) is 4.39 Å². The van der Waals surface area contributed by atoms with Gasteiger partial charge < -0.3 is 5.32 Å². The quantitative estimate of drug-likeness (QED) is 0.854. The molecule has 1 aromatic heterocycles. The van der Waals surface area contributed by atoms with Gasteiger partial charge in [0.1, 0.15) is 22.6 Å². The Hall–Kier alpha value is -1.68. The van der Waals surface area contributed by atoms with Gasteiger partial charge in [-0.2, -0.15) is 0 Å². The Bertz CT molecular complexity index is 616. The van der Waals surface area contributed by atoms with Crippen molar-refractivity contribution in [1.29, 1.82) is 0 Å². The Kier molecular flexibility index (Phi) is 4.55. The number of nitrogens with zero attached hydrogens (tertiary/aromatic N) is 2. The van der Waals surface area contributed by atoms with E-state index in [1.165, 1.54) is 6.07 Å². The fourth-order valence-corrected chi connectivity index (χ4v) is 2.08. The van der Waals surface area contributed by atoms with E-state index < -0.39 is 0 Å². The van der Waals surface area contributed by atoms with Crippen LogP contribution in [0, 0.1) is 12.7 Å². The smallest absolute Gasteiger partial charge is 0.134 e. The van der Waals surface area contributed by atoms with Gasteiger partial charge in [0.15, 0.2) is 0 Å². The summed E-state index contributed by atoms with van der Waals surface area (Å²) in [5.74, 6) is 1.13. The predicted molar refractivity (Wildman–Crippen MR) is 79.6 cm³/mol. The highest BCUT2D eigenvalue weighted by molar-refractivity contribution is 6.29. The van der Waals surface area contributed by atoms with Crippen LogP contribution in [0.3, 0.4) is 0 Å². The van der Waals surface area contributed by atoms with Crippen molar-refractivity contribution >= 4 is 17.4 Å². The molecule has 0 saturated heterocycles. The van der Waals surface area contributed by atoms with E-state index in [0.29, 0.717) is 28.8 Å². The van der Waals surface area contributed by atoms with E-state index in [1.54, 1.807) is 19.1 Å². The molecule has 2 aromatic rings. The lowest BCUT2D eigenvalue weighted by Gasteiger charge is -2.16. The van der Waals surface area contributed by atoms with Crippen molar-refractivity contribution in [3.63, 3.8) is 0 Å². The molecule has 3 nitrogen and oxygen atoms in total. The third kappa shape index (κ3) is 3.45. The monoisotopic (exact) mass is 293 g/mol. The number of hydrogen-bond acceptors (Lipinski definition) is 3. The lowest BCUT2D eigenvalue weighted by atomic mass is 10.1. The van der Waals surface area contributed by atoms with Gasteiger partial charge in [0.05, 0.1) is 6.04 Å². The van der Waals surface area contributed by atoms with Crippen LogP contribution in [0.15, 0.2) is 24.3 Å². The topological polar surface area (TPSA) is 37.8 Å². The molecule has 0 aliphatic carbocycles. The first-order valence-corrected chi connectivity index (χ1v) is 6.93. The Labute approximate surface area is 123 Å². The van der Waals surface area contributed by atoms with Crippen LogP contribution < -0.4 is 5.32 Å². The largest absolute Gasteiger partial charge is 0.363 e. The van der Waals surface area contributed by atoms with Crippen molar-refractivity contribution in [2.45, 2.75) is 33.2 Å². The van der Waals surface area contributed by atoms with Crippen molar-refractivity contribution in [2.75, 3.05) is 5.32 Å². The number of nitrogens with one attached hydrogen (secondary N) is 1. The first-order chi connectivity index (χ1) is 9.49. The zero-order valence-electron chi connectivity index (χ0n) is 11.7. The second-order valence-corrected chi connectivity index (χ2v) is 5.11. The SMILES string of the molecule is CCc1nc(Cl)cc(NC(C)c2ccc(C)c(F)c2)n1. The lowest BCUT2D eigenvalue weighted by Crippen LogP contribution is -2.10. The highest BCUT2D eigenvalue weighted by Crippen LogP contribution is 2.21. The van der Waals surface area contributed by atoms with Crippen LogP contribution >= 0.6 is 11.6 Å². The Morgan fingerprint density at radius 3 is 2.70 bits per heavy atom. The van der Waals surface area contributed by atoms with Crippen molar-refractivity contribution < 1.29 is 4.39 Å². The third-order valence-electron chi connectivity index (χ3n) is 3.12. The average Bonchev–Trinajstić information content (AvgIpc) is 2.41. The van der Waals surface area contributed by atoms with Crippen molar-refractivity contribution in [1.82, 2.24) is 9.97 Å². The molecule has 0 spiro atoms. The number of hydrogen-bond donors (Lipinski definition) is 1. The normalized spacial score (nSPS) is 12.2. The molecule has 1 aromatic carbocycles. The van der Waals surface area contributed by atoms with Crippen LogP contribution in [0.5, 0.6) is 0 Å². The first kappa shape index (κ1) is 14.7. The molecule has 0 radical (unpaired) electrons. The Balaban J connectivity index is 2.20. The molecule has 0 saturated carbocycles. The van der Waals surface area contributed by atoms with E-state index in [0.717, 1.165) is 5.56 Å². The first-order valence-electron chi connectivity index (χ1n) is 6.55. The molecule has 5 heteroatoms. The lowest BCUT2D eigenvalue weighted by molar-refractivity contribution is 0.614.